The Morgan fingerprint density at radius 2 is 2.30 bits per heavy atom. The number of hydrogen-bond donors (Lipinski definition) is 0. The van der Waals surface area contributed by atoms with Crippen LogP contribution in [0.1, 0.15) is 12.8 Å². The molecule has 0 amide bonds. The highest BCUT2D eigenvalue weighted by molar-refractivity contribution is 4.77. The van der Waals surface area contributed by atoms with Crippen molar-refractivity contribution in [2.75, 3.05) is 26.7 Å². The van der Waals surface area contributed by atoms with Crippen LogP contribution in [0.15, 0.2) is 0 Å². The van der Waals surface area contributed by atoms with E-state index in [1.807, 2.05) is 0 Å². The Labute approximate surface area is 62.7 Å². The van der Waals surface area contributed by atoms with Crippen molar-refractivity contribution in [3.05, 3.63) is 11.4 Å². The first-order valence-corrected chi connectivity index (χ1v) is 3.84. The molecular weight excluding hydrogens is 124 g/mol. The van der Waals surface area contributed by atoms with Crippen LogP contribution in [-0.4, -0.2) is 31.6 Å². The zero-order valence-corrected chi connectivity index (χ0v) is 6.51. The Bertz CT molecular complexity index is 131. The quantitative estimate of drug-likeness (QED) is 0.420. The second-order valence-corrected chi connectivity index (χ2v) is 3.11. The van der Waals surface area contributed by atoms with E-state index < -0.39 is 0 Å². The fraction of sp³-hybridized carbons (Fsp3) is 0.875. The van der Waals surface area contributed by atoms with Gasteiger partial charge in [0.15, 0.2) is 0 Å². The minimum absolute atomic E-state index is 0.722. The maximum absolute atomic E-state index is 6.58. The van der Waals surface area contributed by atoms with Gasteiger partial charge in [0.2, 0.25) is 6.54 Å². The Morgan fingerprint density at radius 1 is 1.60 bits per heavy atom. The van der Waals surface area contributed by atoms with Crippen molar-refractivity contribution in [1.82, 2.24) is 4.90 Å². The molecule has 56 valence electrons. The average Bonchev–Trinajstić information content (AvgIpc) is 1.85. The van der Waals surface area contributed by atoms with Gasteiger partial charge in [-0.25, -0.2) is 6.57 Å². The first-order valence-electron chi connectivity index (χ1n) is 3.84. The molecular formula is C8H14N2. The molecule has 0 N–H and O–H groups in total. The third-order valence-corrected chi connectivity index (χ3v) is 2.02. The molecule has 0 aliphatic carbocycles. The first-order chi connectivity index (χ1) is 4.83. The van der Waals surface area contributed by atoms with Crippen molar-refractivity contribution in [2.45, 2.75) is 12.8 Å². The van der Waals surface area contributed by atoms with Crippen LogP contribution in [0.5, 0.6) is 0 Å². The Kier molecular flexibility index (Phi) is 2.70. The highest BCUT2D eigenvalue weighted by atomic mass is 15.2. The number of hydrogen-bond acceptors (Lipinski definition) is 1. The minimum atomic E-state index is 0.722. The summed E-state index contributed by atoms with van der Waals surface area (Å²) in [7, 11) is 2.14. The van der Waals surface area contributed by atoms with E-state index in [9.17, 15) is 0 Å². The molecule has 1 saturated heterocycles. The molecule has 10 heavy (non-hydrogen) atoms. The van der Waals surface area contributed by atoms with E-state index in [0.717, 1.165) is 18.9 Å². The van der Waals surface area contributed by atoms with Crippen LogP contribution in [0, 0.1) is 12.5 Å². The highest BCUT2D eigenvalue weighted by Crippen LogP contribution is 2.17. The Morgan fingerprint density at radius 3 is 2.80 bits per heavy atom. The molecule has 0 radical (unpaired) electrons. The zero-order valence-electron chi connectivity index (χ0n) is 6.51. The van der Waals surface area contributed by atoms with E-state index in [4.69, 9.17) is 6.57 Å². The summed E-state index contributed by atoms with van der Waals surface area (Å²) in [4.78, 5) is 5.64. The molecule has 2 nitrogen and oxygen atoms in total. The number of rotatable bonds is 3. The zero-order chi connectivity index (χ0) is 7.40. The summed E-state index contributed by atoms with van der Waals surface area (Å²) in [6.07, 6.45) is 2.36. The monoisotopic (exact) mass is 138 g/mol. The van der Waals surface area contributed by atoms with Gasteiger partial charge in [-0.2, -0.15) is 0 Å². The van der Waals surface area contributed by atoms with Crippen molar-refractivity contribution in [1.29, 1.82) is 0 Å². The van der Waals surface area contributed by atoms with Gasteiger partial charge in [0, 0.05) is 19.5 Å². The Balaban J connectivity index is 1.91. The molecule has 0 aromatic carbocycles. The summed E-state index contributed by atoms with van der Waals surface area (Å²) in [6, 6.07) is 0. The molecule has 0 atom stereocenters. The fourth-order valence-electron chi connectivity index (χ4n) is 1.47. The molecule has 0 saturated carbocycles. The normalized spacial score (nSPS) is 20.0. The molecule has 1 heterocycles. The van der Waals surface area contributed by atoms with Gasteiger partial charge in [-0.15, -0.1) is 0 Å². The van der Waals surface area contributed by atoms with Crippen molar-refractivity contribution in [2.24, 2.45) is 5.92 Å². The van der Waals surface area contributed by atoms with Gasteiger partial charge in [-0.05, 0) is 19.4 Å². The average molecular weight is 138 g/mol. The van der Waals surface area contributed by atoms with Crippen molar-refractivity contribution >= 4 is 0 Å². The van der Waals surface area contributed by atoms with Crippen molar-refractivity contribution in [3.63, 3.8) is 0 Å². The van der Waals surface area contributed by atoms with E-state index in [-0.39, 0.29) is 0 Å². The summed E-state index contributed by atoms with van der Waals surface area (Å²) in [5, 5.41) is 0. The summed E-state index contributed by atoms with van der Waals surface area (Å²) in [5.41, 5.74) is 0. The topological polar surface area (TPSA) is 7.60 Å². The second-order valence-electron chi connectivity index (χ2n) is 3.11. The largest absolute Gasteiger partial charge is 0.317 e. The number of nitrogens with zero attached hydrogens (tertiary/aromatic N) is 2. The molecule has 1 rings (SSSR count). The molecule has 1 fully saturated rings. The van der Waals surface area contributed by atoms with Gasteiger partial charge in [-0.1, -0.05) is 0 Å². The predicted octanol–water partition coefficient (Wildman–Crippen LogP) is 1.25. The lowest BCUT2D eigenvalue weighted by molar-refractivity contribution is 0.126. The van der Waals surface area contributed by atoms with Crippen LogP contribution < -0.4 is 0 Å². The van der Waals surface area contributed by atoms with Crippen molar-refractivity contribution < 1.29 is 0 Å². The fourth-order valence-corrected chi connectivity index (χ4v) is 1.47. The van der Waals surface area contributed by atoms with Gasteiger partial charge < -0.3 is 9.74 Å². The minimum Gasteiger partial charge on any atom is -0.317 e. The molecule has 2 heteroatoms. The van der Waals surface area contributed by atoms with Crippen LogP contribution in [0.25, 0.3) is 4.85 Å². The molecule has 0 aromatic rings. The summed E-state index contributed by atoms with van der Waals surface area (Å²) in [5.74, 6) is 0.895. The molecule has 0 bridgehead atoms. The van der Waals surface area contributed by atoms with Gasteiger partial charge in [0.05, 0.1) is 0 Å². The van der Waals surface area contributed by atoms with Gasteiger partial charge >= 0.3 is 0 Å². The highest BCUT2D eigenvalue weighted by Gasteiger charge is 2.22. The third-order valence-electron chi connectivity index (χ3n) is 2.02. The molecule has 1 aliphatic heterocycles. The Hall–Kier alpha value is -0.550. The van der Waals surface area contributed by atoms with E-state index in [2.05, 4.69) is 16.8 Å². The SMILES string of the molecule is [C-]#[N+]CCCC1CN(C)C1. The lowest BCUT2D eigenvalue weighted by Gasteiger charge is -2.35. The van der Waals surface area contributed by atoms with Crippen LogP contribution in [0.2, 0.25) is 0 Å². The molecule has 0 unspecified atom stereocenters. The molecule has 0 aromatic heterocycles. The maximum atomic E-state index is 6.58. The predicted molar refractivity (Wildman–Crippen MR) is 41.7 cm³/mol. The lowest BCUT2D eigenvalue weighted by Crippen LogP contribution is -2.43. The van der Waals surface area contributed by atoms with E-state index in [0.29, 0.717) is 0 Å². The summed E-state index contributed by atoms with van der Waals surface area (Å²) in [6.45, 7) is 9.79. The smallest absolute Gasteiger partial charge is 0.214 e. The van der Waals surface area contributed by atoms with E-state index in [1.165, 1.54) is 19.5 Å². The van der Waals surface area contributed by atoms with Crippen LogP contribution in [0.4, 0.5) is 0 Å². The first kappa shape index (κ1) is 7.56. The van der Waals surface area contributed by atoms with Crippen LogP contribution >= 0.6 is 0 Å². The maximum Gasteiger partial charge on any atom is 0.214 e. The lowest BCUT2D eigenvalue weighted by atomic mass is 9.96. The van der Waals surface area contributed by atoms with E-state index >= 15 is 0 Å². The summed E-state index contributed by atoms with van der Waals surface area (Å²) >= 11 is 0. The van der Waals surface area contributed by atoms with Gasteiger partial charge in [-0.3, -0.25) is 0 Å². The third kappa shape index (κ3) is 2.00. The van der Waals surface area contributed by atoms with Crippen LogP contribution in [0.3, 0.4) is 0 Å². The van der Waals surface area contributed by atoms with Crippen LogP contribution in [-0.2, 0) is 0 Å². The second kappa shape index (κ2) is 3.58. The van der Waals surface area contributed by atoms with E-state index in [1.54, 1.807) is 0 Å². The standard InChI is InChI=1S/C8H14N2/c1-9-5-3-4-8-6-10(2)7-8/h8H,3-7H2,2H3. The molecule has 1 aliphatic rings. The molecule has 0 spiro atoms. The van der Waals surface area contributed by atoms with Gasteiger partial charge in [0.1, 0.15) is 0 Å². The summed E-state index contributed by atoms with van der Waals surface area (Å²) < 4.78 is 0. The van der Waals surface area contributed by atoms with Crippen molar-refractivity contribution in [3.8, 4) is 0 Å². The van der Waals surface area contributed by atoms with Gasteiger partial charge in [0.25, 0.3) is 0 Å². The number of likely N-dealkylation sites (tertiary alicyclic amines) is 1.